The number of carbonyl (C=O) groups excluding carboxylic acids is 1. The van der Waals surface area contributed by atoms with Crippen LogP contribution in [0.5, 0.6) is 0 Å². The molecule has 3 rings (SSSR count). The van der Waals surface area contributed by atoms with Crippen molar-refractivity contribution in [2.24, 2.45) is 23.7 Å². The number of carbonyl (C=O) groups is 2. The Morgan fingerprint density at radius 1 is 1.00 bits per heavy atom. The van der Waals surface area contributed by atoms with Gasteiger partial charge in [0.1, 0.15) is 0 Å². The zero-order valence-electron chi connectivity index (χ0n) is 13.5. The van der Waals surface area contributed by atoms with Crippen LogP contribution in [-0.2, 0) is 9.59 Å². The van der Waals surface area contributed by atoms with E-state index < -0.39 is 17.8 Å². The highest BCUT2D eigenvalue weighted by Gasteiger charge is 2.54. The Morgan fingerprint density at radius 2 is 1.57 bits per heavy atom. The van der Waals surface area contributed by atoms with Crippen LogP contribution in [0.1, 0.15) is 19.4 Å². The molecule has 1 amide bonds. The monoisotopic (exact) mass is 311 g/mol. The summed E-state index contributed by atoms with van der Waals surface area (Å²) in [5, 5.41) is 12.5. The summed E-state index contributed by atoms with van der Waals surface area (Å²) < 4.78 is 0. The molecule has 23 heavy (non-hydrogen) atoms. The highest BCUT2D eigenvalue weighted by atomic mass is 16.4. The van der Waals surface area contributed by atoms with Crippen molar-refractivity contribution in [2.75, 3.05) is 5.32 Å². The highest BCUT2D eigenvalue weighted by molar-refractivity contribution is 5.97. The molecule has 0 heterocycles. The first-order valence-corrected chi connectivity index (χ1v) is 7.86. The fraction of sp³-hybridized carbons (Fsp3) is 0.368. The number of nitrogens with one attached hydrogen (secondary N) is 1. The molecule has 0 aliphatic heterocycles. The number of amides is 1. The van der Waals surface area contributed by atoms with Crippen molar-refractivity contribution in [2.45, 2.75) is 20.8 Å². The number of hydrogen-bond acceptors (Lipinski definition) is 2. The van der Waals surface area contributed by atoms with Gasteiger partial charge < -0.3 is 10.4 Å². The molecule has 120 valence electrons. The van der Waals surface area contributed by atoms with Crippen molar-refractivity contribution in [3.63, 3.8) is 0 Å². The minimum Gasteiger partial charge on any atom is -0.481 e. The molecular weight excluding hydrogens is 290 g/mol. The van der Waals surface area contributed by atoms with Crippen molar-refractivity contribution in [3.05, 3.63) is 53.1 Å². The van der Waals surface area contributed by atoms with Gasteiger partial charge in [-0.05, 0) is 32.9 Å². The molecule has 0 spiro atoms. The number of rotatable bonds is 3. The van der Waals surface area contributed by atoms with Crippen molar-refractivity contribution >= 4 is 17.6 Å². The van der Waals surface area contributed by atoms with E-state index in [1.807, 2.05) is 57.2 Å². The number of aliphatic carboxylic acids is 1. The molecule has 2 aliphatic rings. The highest BCUT2D eigenvalue weighted by Crippen LogP contribution is 2.53. The molecule has 0 saturated heterocycles. The SMILES string of the molecule is CC(C)=C1[C@H]2C=C[C@H]1[C@@H](C(=O)Nc1ccc(C)cc1)[C@H]2C(=O)O. The van der Waals surface area contributed by atoms with Crippen molar-refractivity contribution in [3.8, 4) is 0 Å². The predicted octanol–water partition coefficient (Wildman–Crippen LogP) is 3.40. The molecule has 0 unspecified atom stereocenters. The molecular formula is C19H21NO3. The second-order valence-electron chi connectivity index (χ2n) is 6.64. The molecule has 4 atom stereocenters. The molecule has 1 aromatic carbocycles. The Bertz CT molecular complexity index is 711. The number of allylic oxidation sites excluding steroid dienone is 4. The molecule has 0 radical (unpaired) electrons. The summed E-state index contributed by atoms with van der Waals surface area (Å²) in [6.45, 7) is 5.96. The Kier molecular flexibility index (Phi) is 3.84. The zero-order chi connectivity index (χ0) is 16.7. The first-order valence-electron chi connectivity index (χ1n) is 7.86. The Balaban J connectivity index is 1.89. The van der Waals surface area contributed by atoms with Crippen LogP contribution in [0, 0.1) is 30.6 Å². The zero-order valence-corrected chi connectivity index (χ0v) is 13.5. The fourth-order valence-corrected chi connectivity index (χ4v) is 3.90. The van der Waals surface area contributed by atoms with Crippen molar-refractivity contribution in [1.29, 1.82) is 0 Å². The minimum atomic E-state index is -0.898. The summed E-state index contributed by atoms with van der Waals surface area (Å²) >= 11 is 0. The van der Waals surface area contributed by atoms with Crippen LogP contribution in [0.3, 0.4) is 0 Å². The van der Waals surface area contributed by atoms with E-state index in [0.717, 1.165) is 16.7 Å². The van der Waals surface area contributed by atoms with E-state index in [1.54, 1.807) is 0 Å². The van der Waals surface area contributed by atoms with Crippen LogP contribution in [-0.4, -0.2) is 17.0 Å². The van der Waals surface area contributed by atoms with Gasteiger partial charge in [0, 0.05) is 17.5 Å². The number of benzene rings is 1. The summed E-state index contributed by atoms with van der Waals surface area (Å²) in [6, 6.07) is 7.53. The molecule has 1 aromatic rings. The van der Waals surface area contributed by atoms with E-state index in [9.17, 15) is 14.7 Å². The van der Waals surface area contributed by atoms with Gasteiger partial charge in [0.05, 0.1) is 11.8 Å². The molecule has 4 nitrogen and oxygen atoms in total. The molecule has 2 aliphatic carbocycles. The number of aryl methyl sites for hydroxylation is 1. The van der Waals surface area contributed by atoms with Crippen LogP contribution < -0.4 is 5.32 Å². The predicted molar refractivity (Wildman–Crippen MR) is 88.9 cm³/mol. The Labute approximate surface area is 135 Å². The van der Waals surface area contributed by atoms with E-state index in [-0.39, 0.29) is 17.7 Å². The van der Waals surface area contributed by atoms with E-state index in [4.69, 9.17) is 0 Å². The lowest BCUT2D eigenvalue weighted by Gasteiger charge is -2.23. The molecule has 1 fully saturated rings. The largest absolute Gasteiger partial charge is 0.481 e. The summed E-state index contributed by atoms with van der Waals surface area (Å²) in [5.41, 5.74) is 4.03. The van der Waals surface area contributed by atoms with E-state index >= 15 is 0 Å². The summed E-state index contributed by atoms with van der Waals surface area (Å²) in [5.74, 6) is -2.59. The van der Waals surface area contributed by atoms with Gasteiger partial charge in [0.2, 0.25) is 5.91 Å². The van der Waals surface area contributed by atoms with E-state index in [2.05, 4.69) is 5.32 Å². The molecule has 1 saturated carbocycles. The van der Waals surface area contributed by atoms with Gasteiger partial charge in [-0.3, -0.25) is 9.59 Å². The van der Waals surface area contributed by atoms with Crippen LogP contribution in [0.2, 0.25) is 0 Å². The second-order valence-corrected chi connectivity index (χ2v) is 6.64. The first kappa shape index (κ1) is 15.5. The van der Waals surface area contributed by atoms with E-state index in [0.29, 0.717) is 5.69 Å². The first-order chi connectivity index (χ1) is 10.9. The third kappa shape index (κ3) is 2.58. The van der Waals surface area contributed by atoms with Crippen LogP contribution in [0.25, 0.3) is 0 Å². The standard InChI is InChI=1S/C19H21NO3/c1-10(2)15-13-8-9-14(15)17(19(22)23)16(13)18(21)20-12-6-4-11(3)5-7-12/h4-9,13-14,16-17H,1-3H3,(H,20,21)(H,22,23)/t13-,14-,16-,17+/m1/s1. The Morgan fingerprint density at radius 3 is 2.09 bits per heavy atom. The van der Waals surface area contributed by atoms with Crippen LogP contribution in [0.15, 0.2) is 47.6 Å². The lowest BCUT2D eigenvalue weighted by atomic mass is 9.82. The average Bonchev–Trinajstić information content (AvgIpc) is 3.05. The van der Waals surface area contributed by atoms with Crippen LogP contribution >= 0.6 is 0 Å². The second kappa shape index (κ2) is 5.69. The maximum Gasteiger partial charge on any atom is 0.308 e. The normalized spacial score (nSPS) is 28.0. The van der Waals surface area contributed by atoms with Gasteiger partial charge in [-0.1, -0.05) is 41.0 Å². The van der Waals surface area contributed by atoms with Gasteiger partial charge in [-0.25, -0.2) is 0 Å². The maximum atomic E-state index is 12.7. The summed E-state index contributed by atoms with van der Waals surface area (Å²) in [4.78, 5) is 24.5. The van der Waals surface area contributed by atoms with Gasteiger partial charge in [0.25, 0.3) is 0 Å². The summed E-state index contributed by atoms with van der Waals surface area (Å²) in [6.07, 6.45) is 3.94. The fourth-order valence-electron chi connectivity index (χ4n) is 3.90. The number of fused-ring (bicyclic) bond motifs is 2. The molecule has 2 N–H and O–H groups in total. The smallest absolute Gasteiger partial charge is 0.308 e. The minimum absolute atomic E-state index is 0.100. The Hall–Kier alpha value is -2.36. The van der Waals surface area contributed by atoms with Gasteiger partial charge in [-0.2, -0.15) is 0 Å². The molecule has 2 bridgehead atoms. The lowest BCUT2D eigenvalue weighted by Crippen LogP contribution is -2.36. The molecule has 0 aromatic heterocycles. The van der Waals surface area contributed by atoms with Gasteiger partial charge >= 0.3 is 5.97 Å². The third-order valence-electron chi connectivity index (χ3n) is 4.89. The molecule has 4 heteroatoms. The number of anilines is 1. The number of hydrogen-bond donors (Lipinski definition) is 2. The van der Waals surface area contributed by atoms with Gasteiger partial charge in [-0.15, -0.1) is 0 Å². The van der Waals surface area contributed by atoms with Gasteiger partial charge in [0.15, 0.2) is 0 Å². The maximum absolute atomic E-state index is 12.7. The van der Waals surface area contributed by atoms with Crippen molar-refractivity contribution in [1.82, 2.24) is 0 Å². The average molecular weight is 311 g/mol. The van der Waals surface area contributed by atoms with Crippen molar-refractivity contribution < 1.29 is 14.7 Å². The summed E-state index contributed by atoms with van der Waals surface area (Å²) in [7, 11) is 0. The number of carboxylic acids is 1. The topological polar surface area (TPSA) is 66.4 Å². The third-order valence-corrected chi connectivity index (χ3v) is 4.89. The van der Waals surface area contributed by atoms with Crippen LogP contribution in [0.4, 0.5) is 5.69 Å². The lowest BCUT2D eigenvalue weighted by molar-refractivity contribution is -0.146. The quantitative estimate of drug-likeness (QED) is 0.841. The number of carboxylic acid groups (broad SMARTS) is 1. The van der Waals surface area contributed by atoms with E-state index in [1.165, 1.54) is 0 Å².